The number of rotatable bonds is 3. The van der Waals surface area contributed by atoms with Crippen LogP contribution >= 0.6 is 0 Å². The molecule has 8 aromatic rings. The fourth-order valence-corrected chi connectivity index (χ4v) is 6.28. The first-order chi connectivity index (χ1) is 19.8. The van der Waals surface area contributed by atoms with Crippen LogP contribution in [-0.4, -0.2) is 9.55 Å². The summed E-state index contributed by atoms with van der Waals surface area (Å²) in [4.78, 5) is 5.31. The van der Waals surface area contributed by atoms with Crippen molar-refractivity contribution in [3.8, 4) is 27.9 Å². The lowest BCUT2D eigenvalue weighted by atomic mass is 9.89. The molecule has 0 saturated carbocycles. The van der Waals surface area contributed by atoms with Crippen molar-refractivity contribution in [1.82, 2.24) is 9.55 Å². The van der Waals surface area contributed by atoms with Gasteiger partial charge in [0.25, 0.3) is 0 Å². The number of imidazole rings is 1. The molecule has 2 heteroatoms. The number of para-hydroxylation sites is 1. The van der Waals surface area contributed by atoms with Gasteiger partial charge in [0.05, 0.1) is 11.0 Å². The van der Waals surface area contributed by atoms with Gasteiger partial charge in [-0.3, -0.25) is 4.57 Å². The number of aromatic nitrogens is 2. The summed E-state index contributed by atoms with van der Waals surface area (Å²) < 4.78 is 2.33. The summed E-state index contributed by atoms with van der Waals surface area (Å²) in [5.74, 6) is 0.973. The minimum Gasteiger partial charge on any atom is -0.296 e. The first kappa shape index (κ1) is 22.7. The van der Waals surface area contributed by atoms with Gasteiger partial charge >= 0.3 is 0 Å². The summed E-state index contributed by atoms with van der Waals surface area (Å²) in [6, 6.07) is 50.2. The van der Waals surface area contributed by atoms with Gasteiger partial charge in [-0.15, -0.1) is 0 Å². The van der Waals surface area contributed by atoms with Gasteiger partial charge in [-0.05, 0) is 74.6 Å². The molecule has 0 spiro atoms. The molecule has 2 nitrogen and oxygen atoms in total. The van der Waals surface area contributed by atoms with E-state index < -0.39 is 0 Å². The molecule has 0 bridgehead atoms. The Kier molecular flexibility index (Phi) is 5.08. The van der Waals surface area contributed by atoms with E-state index in [4.69, 9.17) is 4.98 Å². The van der Waals surface area contributed by atoms with E-state index in [0.717, 1.165) is 22.5 Å². The standard InChI is InChI=1S/C38H26N2/c1-25-39-37-35(30-21-19-26-11-5-7-13-28(26)23-30)33-17-9-10-18-34(33)36(38(37)40(25)32-15-3-2-4-16-32)31-22-20-27-12-6-8-14-29(27)24-31/h2-24H,1H3. The zero-order valence-electron chi connectivity index (χ0n) is 22.2. The van der Waals surface area contributed by atoms with Gasteiger partial charge in [0, 0.05) is 16.8 Å². The van der Waals surface area contributed by atoms with Gasteiger partial charge in [0.1, 0.15) is 5.82 Å². The van der Waals surface area contributed by atoms with Crippen LogP contribution in [0.2, 0.25) is 0 Å². The maximum Gasteiger partial charge on any atom is 0.111 e. The lowest BCUT2D eigenvalue weighted by Gasteiger charge is -2.17. The van der Waals surface area contributed by atoms with Crippen molar-refractivity contribution in [2.75, 3.05) is 0 Å². The maximum absolute atomic E-state index is 5.31. The maximum atomic E-state index is 5.31. The molecule has 0 aliphatic heterocycles. The van der Waals surface area contributed by atoms with Crippen LogP contribution in [0.15, 0.2) is 140 Å². The lowest BCUT2D eigenvalue weighted by molar-refractivity contribution is 1.00. The zero-order chi connectivity index (χ0) is 26.6. The van der Waals surface area contributed by atoms with Crippen molar-refractivity contribution in [3.63, 3.8) is 0 Å². The third-order valence-electron chi connectivity index (χ3n) is 8.08. The molecule has 0 atom stereocenters. The smallest absolute Gasteiger partial charge is 0.111 e. The Hall–Kier alpha value is -5.21. The molecule has 0 aliphatic carbocycles. The van der Waals surface area contributed by atoms with Crippen LogP contribution in [0, 0.1) is 6.92 Å². The normalized spacial score (nSPS) is 11.6. The Balaban J connectivity index is 1.56. The fraction of sp³-hybridized carbons (Fsp3) is 0.0263. The molecule has 1 aromatic heterocycles. The van der Waals surface area contributed by atoms with E-state index in [2.05, 4.69) is 151 Å². The molecule has 0 amide bonds. The summed E-state index contributed by atoms with van der Waals surface area (Å²) in [5, 5.41) is 7.39. The SMILES string of the molecule is Cc1nc2c(-c3ccc4ccccc4c3)c3ccccc3c(-c3ccc4ccccc4c3)c2n1-c1ccccc1. The second kappa shape index (κ2) is 8.93. The van der Waals surface area contributed by atoms with Crippen molar-refractivity contribution >= 4 is 43.4 Å². The van der Waals surface area contributed by atoms with Crippen molar-refractivity contribution in [2.24, 2.45) is 0 Å². The van der Waals surface area contributed by atoms with E-state index in [1.165, 1.54) is 54.6 Å². The van der Waals surface area contributed by atoms with E-state index >= 15 is 0 Å². The van der Waals surface area contributed by atoms with Crippen LogP contribution in [-0.2, 0) is 0 Å². The molecule has 7 aromatic carbocycles. The Bertz CT molecular complexity index is 2220. The van der Waals surface area contributed by atoms with Gasteiger partial charge in [0.2, 0.25) is 0 Å². The number of aryl methyl sites for hydroxylation is 1. The molecular formula is C38H26N2. The molecule has 0 saturated heterocycles. The van der Waals surface area contributed by atoms with Gasteiger partial charge in [-0.2, -0.15) is 0 Å². The minimum atomic E-state index is 0.973. The van der Waals surface area contributed by atoms with Gasteiger partial charge in [0.15, 0.2) is 0 Å². The zero-order valence-corrected chi connectivity index (χ0v) is 22.2. The second-order valence-corrected chi connectivity index (χ2v) is 10.4. The van der Waals surface area contributed by atoms with Crippen LogP contribution in [0.25, 0.3) is 71.3 Å². The molecule has 188 valence electrons. The van der Waals surface area contributed by atoms with E-state index in [1.807, 2.05) is 0 Å². The van der Waals surface area contributed by atoms with Crippen LogP contribution < -0.4 is 0 Å². The number of benzene rings is 7. The molecule has 0 N–H and O–H groups in total. The van der Waals surface area contributed by atoms with E-state index in [0.29, 0.717) is 0 Å². The molecule has 0 fully saturated rings. The quantitative estimate of drug-likeness (QED) is 0.231. The fourth-order valence-electron chi connectivity index (χ4n) is 6.28. The first-order valence-electron chi connectivity index (χ1n) is 13.7. The van der Waals surface area contributed by atoms with Crippen molar-refractivity contribution < 1.29 is 0 Å². The molecule has 8 rings (SSSR count). The van der Waals surface area contributed by atoms with Crippen LogP contribution in [0.1, 0.15) is 5.82 Å². The van der Waals surface area contributed by atoms with Gasteiger partial charge in [-0.25, -0.2) is 4.98 Å². The summed E-state index contributed by atoms with van der Waals surface area (Å²) in [7, 11) is 0. The largest absolute Gasteiger partial charge is 0.296 e. The number of nitrogens with zero attached hydrogens (tertiary/aromatic N) is 2. The molecule has 0 unspecified atom stereocenters. The van der Waals surface area contributed by atoms with Crippen LogP contribution in [0.3, 0.4) is 0 Å². The average molecular weight is 511 g/mol. The average Bonchev–Trinajstić information content (AvgIpc) is 3.35. The predicted octanol–water partition coefficient (Wildman–Crippen LogP) is 10.1. The van der Waals surface area contributed by atoms with Crippen molar-refractivity contribution in [1.29, 1.82) is 0 Å². The van der Waals surface area contributed by atoms with Crippen molar-refractivity contribution in [3.05, 3.63) is 145 Å². The van der Waals surface area contributed by atoms with Crippen LogP contribution in [0.4, 0.5) is 0 Å². The molecule has 0 aliphatic rings. The highest BCUT2D eigenvalue weighted by atomic mass is 15.1. The Labute approximate surface area is 232 Å². The molecule has 40 heavy (non-hydrogen) atoms. The van der Waals surface area contributed by atoms with Gasteiger partial charge in [-0.1, -0.05) is 115 Å². The number of hydrogen-bond acceptors (Lipinski definition) is 1. The third-order valence-corrected chi connectivity index (χ3v) is 8.08. The minimum absolute atomic E-state index is 0.973. The Morgan fingerprint density at radius 3 is 1.60 bits per heavy atom. The predicted molar refractivity (Wildman–Crippen MR) is 169 cm³/mol. The second-order valence-electron chi connectivity index (χ2n) is 10.4. The number of fused-ring (bicyclic) bond motifs is 4. The highest BCUT2D eigenvalue weighted by Gasteiger charge is 2.23. The summed E-state index contributed by atoms with van der Waals surface area (Å²) in [6.07, 6.45) is 0. The number of hydrogen-bond donors (Lipinski definition) is 0. The topological polar surface area (TPSA) is 17.8 Å². The Morgan fingerprint density at radius 2 is 0.975 bits per heavy atom. The molecular weight excluding hydrogens is 484 g/mol. The monoisotopic (exact) mass is 510 g/mol. The molecule has 0 radical (unpaired) electrons. The lowest BCUT2D eigenvalue weighted by Crippen LogP contribution is -1.99. The highest BCUT2D eigenvalue weighted by Crippen LogP contribution is 2.45. The first-order valence-corrected chi connectivity index (χ1v) is 13.7. The third kappa shape index (κ3) is 3.47. The van der Waals surface area contributed by atoms with E-state index in [9.17, 15) is 0 Å². The van der Waals surface area contributed by atoms with Crippen molar-refractivity contribution in [2.45, 2.75) is 6.92 Å². The van der Waals surface area contributed by atoms with E-state index in [1.54, 1.807) is 0 Å². The van der Waals surface area contributed by atoms with E-state index in [-0.39, 0.29) is 0 Å². The summed E-state index contributed by atoms with van der Waals surface area (Å²) in [5.41, 5.74) is 8.05. The summed E-state index contributed by atoms with van der Waals surface area (Å²) in [6.45, 7) is 2.12. The van der Waals surface area contributed by atoms with Crippen LogP contribution in [0.5, 0.6) is 0 Å². The highest BCUT2D eigenvalue weighted by molar-refractivity contribution is 6.20. The Morgan fingerprint density at radius 1 is 0.475 bits per heavy atom. The summed E-state index contributed by atoms with van der Waals surface area (Å²) >= 11 is 0. The van der Waals surface area contributed by atoms with Gasteiger partial charge < -0.3 is 0 Å². The molecule has 1 heterocycles.